The fourth-order valence-electron chi connectivity index (χ4n) is 7.63. The fourth-order valence-corrected chi connectivity index (χ4v) is 7.63. The molecule has 3 aromatic rings. The molecule has 3 aromatic carbocycles. The van der Waals surface area contributed by atoms with Gasteiger partial charge in [0.15, 0.2) is 0 Å². The number of nitrogens with one attached hydrogen (secondary N) is 1. The molecule has 0 amide bonds. The maximum atomic E-state index is 16.2. The number of piperidine rings is 1. The van der Waals surface area contributed by atoms with Gasteiger partial charge >= 0.3 is 0 Å². The van der Waals surface area contributed by atoms with Crippen LogP contribution in [-0.4, -0.2) is 50.1 Å². The van der Waals surface area contributed by atoms with Crippen molar-refractivity contribution in [3.05, 3.63) is 94.6 Å². The smallest absolute Gasteiger partial charge is 0.257 e. The summed E-state index contributed by atoms with van der Waals surface area (Å²) in [7, 11) is 0. The third-order valence-electron chi connectivity index (χ3n) is 9.66. The summed E-state index contributed by atoms with van der Waals surface area (Å²) in [4.78, 5) is 3.66. The van der Waals surface area contributed by atoms with Crippen molar-refractivity contribution in [2.45, 2.75) is 70.4 Å². The van der Waals surface area contributed by atoms with Crippen molar-refractivity contribution < 1.29 is 22.3 Å². The van der Waals surface area contributed by atoms with Crippen LogP contribution in [0.2, 0.25) is 0 Å². The molecule has 0 radical (unpaired) electrons. The summed E-state index contributed by atoms with van der Waals surface area (Å²) in [5.74, 6) is -3.75. The van der Waals surface area contributed by atoms with Crippen LogP contribution in [0.1, 0.15) is 73.7 Å². The van der Waals surface area contributed by atoms with Crippen molar-refractivity contribution in [1.29, 1.82) is 0 Å². The van der Waals surface area contributed by atoms with Crippen LogP contribution in [0.4, 0.5) is 23.2 Å². The largest absolute Gasteiger partial charge is 0.489 e. The number of hydrogen-bond donors (Lipinski definition) is 1. The monoisotopic (exact) mass is 609 g/mol. The lowest BCUT2D eigenvalue weighted by atomic mass is 9.72. The Labute approximate surface area is 258 Å². The van der Waals surface area contributed by atoms with Gasteiger partial charge < -0.3 is 15.0 Å². The number of rotatable bonds is 7. The normalized spacial score (nSPS) is 21.0. The third kappa shape index (κ3) is 7.07. The van der Waals surface area contributed by atoms with Gasteiger partial charge in [0.05, 0.1) is 12.6 Å². The Kier molecular flexibility index (Phi) is 9.20. The van der Waals surface area contributed by atoms with Gasteiger partial charge in [-0.15, -0.1) is 0 Å². The molecule has 1 atom stereocenters. The molecule has 6 rings (SSSR count). The second kappa shape index (κ2) is 13.1. The van der Waals surface area contributed by atoms with Crippen LogP contribution < -0.4 is 15.0 Å². The zero-order chi connectivity index (χ0) is 30.7. The van der Waals surface area contributed by atoms with Gasteiger partial charge in [0.1, 0.15) is 24.0 Å². The van der Waals surface area contributed by atoms with E-state index in [-0.39, 0.29) is 17.5 Å². The molecule has 3 aliphatic heterocycles. The van der Waals surface area contributed by atoms with Crippen LogP contribution >= 0.6 is 0 Å². The highest BCUT2D eigenvalue weighted by Gasteiger charge is 2.39. The highest BCUT2D eigenvalue weighted by Crippen LogP contribution is 2.44. The molecule has 0 aliphatic carbocycles. The van der Waals surface area contributed by atoms with Crippen molar-refractivity contribution in [1.82, 2.24) is 10.2 Å². The quantitative estimate of drug-likeness (QED) is 0.276. The number of halogens is 4. The molecule has 1 unspecified atom stereocenters. The molecule has 1 spiro atoms. The molecule has 0 aromatic heterocycles. The van der Waals surface area contributed by atoms with E-state index in [0.717, 1.165) is 82.8 Å². The van der Waals surface area contributed by atoms with Crippen molar-refractivity contribution in [2.75, 3.05) is 44.2 Å². The lowest BCUT2D eigenvalue weighted by Crippen LogP contribution is -2.45. The van der Waals surface area contributed by atoms with Crippen molar-refractivity contribution >= 4 is 5.69 Å². The summed E-state index contributed by atoms with van der Waals surface area (Å²) in [6.07, 6.45) is 7.04. The fraction of sp³-hybridized carbons (Fsp3) is 0.500. The summed E-state index contributed by atoms with van der Waals surface area (Å²) in [5.41, 5.74) is 3.05. The van der Waals surface area contributed by atoms with E-state index < -0.39 is 30.1 Å². The van der Waals surface area contributed by atoms with Crippen LogP contribution in [0.3, 0.4) is 0 Å². The Morgan fingerprint density at radius 1 is 0.909 bits per heavy atom. The molecule has 44 heavy (non-hydrogen) atoms. The zero-order valence-electron chi connectivity index (χ0n) is 25.6. The number of benzene rings is 3. The molecular formula is C36H43F4N3O. The number of fused-ring (bicyclic) bond motifs is 1. The molecule has 8 heteroatoms. The van der Waals surface area contributed by atoms with Crippen LogP contribution in [0, 0.1) is 17.0 Å². The molecule has 0 bridgehead atoms. The molecule has 3 heterocycles. The molecule has 0 saturated carbocycles. The van der Waals surface area contributed by atoms with Gasteiger partial charge in [0, 0.05) is 37.8 Å². The van der Waals surface area contributed by atoms with Crippen molar-refractivity contribution in [2.24, 2.45) is 5.41 Å². The summed E-state index contributed by atoms with van der Waals surface area (Å²) >= 11 is 0. The maximum Gasteiger partial charge on any atom is 0.257 e. The number of anilines is 1. The first kappa shape index (κ1) is 30.9. The first-order valence-corrected chi connectivity index (χ1v) is 16.1. The first-order chi connectivity index (χ1) is 21.2. The SMILES string of the molecule is CC(F)(F)CN1CCc2cc(OCc3ccccc3)ccc2C1c1c(F)cc(N2CCCC3(CCCNCCC3)C2)cc1F. The van der Waals surface area contributed by atoms with Gasteiger partial charge in [0.25, 0.3) is 5.92 Å². The lowest BCUT2D eigenvalue weighted by molar-refractivity contribution is -0.0245. The predicted molar refractivity (Wildman–Crippen MR) is 167 cm³/mol. The molecule has 2 fully saturated rings. The maximum absolute atomic E-state index is 16.2. The van der Waals surface area contributed by atoms with Crippen LogP contribution in [0.15, 0.2) is 60.7 Å². The number of alkyl halides is 2. The Hall–Kier alpha value is -3.10. The van der Waals surface area contributed by atoms with E-state index in [4.69, 9.17) is 4.74 Å². The molecular weight excluding hydrogens is 566 g/mol. The minimum atomic E-state index is -3.02. The zero-order valence-corrected chi connectivity index (χ0v) is 25.6. The average molecular weight is 610 g/mol. The molecule has 2 saturated heterocycles. The Morgan fingerprint density at radius 2 is 1.61 bits per heavy atom. The van der Waals surface area contributed by atoms with E-state index in [0.29, 0.717) is 30.0 Å². The number of ether oxygens (including phenoxy) is 1. The lowest BCUT2D eigenvalue weighted by Gasteiger charge is -2.45. The predicted octanol–water partition coefficient (Wildman–Crippen LogP) is 7.90. The number of nitrogens with zero attached hydrogens (tertiary/aromatic N) is 2. The van der Waals surface area contributed by atoms with Crippen LogP contribution in [0.5, 0.6) is 5.75 Å². The first-order valence-electron chi connectivity index (χ1n) is 16.1. The molecule has 3 aliphatic rings. The third-order valence-corrected chi connectivity index (χ3v) is 9.66. The van der Waals surface area contributed by atoms with E-state index in [1.807, 2.05) is 36.4 Å². The van der Waals surface area contributed by atoms with Gasteiger partial charge in [-0.2, -0.15) is 0 Å². The Bertz CT molecular complexity index is 1400. The van der Waals surface area contributed by atoms with Gasteiger partial charge in [-0.25, -0.2) is 17.6 Å². The molecule has 236 valence electrons. The number of hydrogen-bond acceptors (Lipinski definition) is 4. The highest BCUT2D eigenvalue weighted by atomic mass is 19.3. The second-order valence-electron chi connectivity index (χ2n) is 13.1. The topological polar surface area (TPSA) is 27.7 Å². The summed E-state index contributed by atoms with van der Waals surface area (Å²) < 4.78 is 67.1. The Morgan fingerprint density at radius 3 is 2.32 bits per heavy atom. The van der Waals surface area contributed by atoms with Gasteiger partial charge in [-0.05, 0) is 104 Å². The van der Waals surface area contributed by atoms with E-state index in [1.165, 1.54) is 17.0 Å². The Balaban J connectivity index is 1.29. The minimum Gasteiger partial charge on any atom is -0.489 e. The van der Waals surface area contributed by atoms with Crippen molar-refractivity contribution in [3.8, 4) is 5.75 Å². The summed E-state index contributed by atoms with van der Waals surface area (Å²) in [6.45, 7) is 4.47. The van der Waals surface area contributed by atoms with Gasteiger partial charge in [-0.3, -0.25) is 4.90 Å². The van der Waals surface area contributed by atoms with Crippen LogP contribution in [0.25, 0.3) is 0 Å². The van der Waals surface area contributed by atoms with E-state index in [1.54, 1.807) is 12.1 Å². The van der Waals surface area contributed by atoms with E-state index >= 15 is 8.78 Å². The molecule has 4 nitrogen and oxygen atoms in total. The second-order valence-corrected chi connectivity index (χ2v) is 13.1. The minimum absolute atomic E-state index is 0.165. The van der Waals surface area contributed by atoms with Crippen molar-refractivity contribution in [3.63, 3.8) is 0 Å². The summed E-state index contributed by atoms with van der Waals surface area (Å²) in [6, 6.07) is 17.1. The standard InChI is InChI=1S/C36H43F4N3O/c1-35(39,40)24-43-19-12-27-20-29(44-23-26-8-3-2-4-9-26)10-11-30(27)34(43)33-31(37)21-28(22-32(33)38)42-18-7-15-36(25-42)13-5-16-41-17-6-14-36/h2-4,8-11,20-22,34,41H,5-7,12-19,23-25H2,1H3. The van der Waals surface area contributed by atoms with E-state index in [2.05, 4.69) is 10.2 Å². The highest BCUT2D eigenvalue weighted by molar-refractivity contribution is 5.53. The van der Waals surface area contributed by atoms with E-state index in [9.17, 15) is 8.78 Å². The van der Waals surface area contributed by atoms with Gasteiger partial charge in [-0.1, -0.05) is 36.4 Å². The molecule has 1 N–H and O–H groups in total. The average Bonchev–Trinajstić information content (AvgIpc) is 2.98. The summed E-state index contributed by atoms with van der Waals surface area (Å²) in [5, 5.41) is 3.47. The van der Waals surface area contributed by atoms with Crippen LogP contribution in [-0.2, 0) is 13.0 Å². The van der Waals surface area contributed by atoms with Gasteiger partial charge in [0.2, 0.25) is 0 Å².